The molecule has 0 saturated carbocycles. The fraction of sp³-hybridized carbons (Fsp3) is 0. The quantitative estimate of drug-likeness (QED) is 0.173. The van der Waals surface area contributed by atoms with Crippen molar-refractivity contribution in [3.05, 3.63) is 182 Å². The number of aromatic nitrogens is 1. The third kappa shape index (κ3) is 4.90. The number of hydrogen-bond donors (Lipinski definition) is 0. The van der Waals surface area contributed by atoms with E-state index in [9.17, 15) is 0 Å². The van der Waals surface area contributed by atoms with Gasteiger partial charge in [0.05, 0.1) is 11.1 Å². The highest BCUT2D eigenvalue weighted by Gasteiger charge is 2.22. The molecule has 5 nitrogen and oxygen atoms in total. The Hall–Kier alpha value is -7.37. The molecule has 0 bridgehead atoms. The Bertz CT molecular complexity index is 3160. The SMILES string of the molecule is c1ccc(-c2nc3cc4oc5ccc(N(c6ccc(-c7ccccc7-c7ccccc7)cc6)c6cccc7oc8ccccc8c67)cc5c4cc3o2)cc1. The largest absolute Gasteiger partial charge is 0.456 e. The average Bonchev–Trinajstić information content (AvgIpc) is 3.94. The second-order valence-electron chi connectivity index (χ2n) is 13.5. The Morgan fingerprint density at radius 3 is 1.78 bits per heavy atom. The lowest BCUT2D eigenvalue weighted by atomic mass is 9.94. The van der Waals surface area contributed by atoms with Crippen LogP contribution in [0.25, 0.3) is 88.7 Å². The van der Waals surface area contributed by atoms with Crippen LogP contribution in [0, 0.1) is 0 Å². The van der Waals surface area contributed by atoms with Gasteiger partial charge in [0, 0.05) is 39.2 Å². The highest BCUT2D eigenvalue weighted by atomic mass is 16.4. The number of nitrogens with zero attached hydrogens (tertiary/aromatic N) is 2. The molecule has 0 radical (unpaired) electrons. The van der Waals surface area contributed by atoms with Gasteiger partial charge in [-0.3, -0.25) is 0 Å². The number of hydrogen-bond acceptors (Lipinski definition) is 5. The van der Waals surface area contributed by atoms with Crippen molar-refractivity contribution < 1.29 is 13.3 Å². The second kappa shape index (κ2) is 12.1. The van der Waals surface area contributed by atoms with Crippen molar-refractivity contribution in [2.45, 2.75) is 0 Å². The van der Waals surface area contributed by atoms with Crippen LogP contribution >= 0.6 is 0 Å². The first kappa shape index (κ1) is 30.3. The van der Waals surface area contributed by atoms with E-state index in [1.807, 2.05) is 60.7 Å². The average molecular weight is 695 g/mol. The van der Waals surface area contributed by atoms with Crippen molar-refractivity contribution in [1.29, 1.82) is 0 Å². The van der Waals surface area contributed by atoms with E-state index in [-0.39, 0.29) is 0 Å². The van der Waals surface area contributed by atoms with Crippen LogP contribution in [0.2, 0.25) is 0 Å². The molecule has 8 aromatic carbocycles. The molecule has 3 aromatic heterocycles. The van der Waals surface area contributed by atoms with Crippen LogP contribution < -0.4 is 4.90 Å². The summed E-state index contributed by atoms with van der Waals surface area (Å²) in [6, 6.07) is 62.9. The van der Waals surface area contributed by atoms with E-state index in [2.05, 4.69) is 126 Å². The van der Waals surface area contributed by atoms with Gasteiger partial charge < -0.3 is 18.2 Å². The van der Waals surface area contributed by atoms with Gasteiger partial charge in [0.25, 0.3) is 0 Å². The maximum absolute atomic E-state index is 6.43. The van der Waals surface area contributed by atoms with E-state index < -0.39 is 0 Å². The maximum Gasteiger partial charge on any atom is 0.227 e. The molecule has 0 saturated heterocycles. The van der Waals surface area contributed by atoms with Crippen molar-refractivity contribution in [3.8, 4) is 33.7 Å². The van der Waals surface area contributed by atoms with Crippen LogP contribution in [0.15, 0.2) is 195 Å². The molecule has 54 heavy (non-hydrogen) atoms. The Morgan fingerprint density at radius 1 is 0.370 bits per heavy atom. The molecule has 3 heterocycles. The Kier molecular flexibility index (Phi) is 6.79. The molecule has 254 valence electrons. The topological polar surface area (TPSA) is 55.6 Å². The molecule has 0 aliphatic rings. The zero-order chi connectivity index (χ0) is 35.6. The van der Waals surface area contributed by atoms with Gasteiger partial charge in [0.15, 0.2) is 5.58 Å². The van der Waals surface area contributed by atoms with Crippen LogP contribution in [0.1, 0.15) is 0 Å². The molecule has 0 aliphatic carbocycles. The summed E-state index contributed by atoms with van der Waals surface area (Å²) in [5, 5.41) is 4.08. The van der Waals surface area contributed by atoms with Gasteiger partial charge in [-0.25, -0.2) is 4.98 Å². The number of furan rings is 2. The second-order valence-corrected chi connectivity index (χ2v) is 13.5. The number of fused-ring (bicyclic) bond motifs is 7. The maximum atomic E-state index is 6.43. The minimum Gasteiger partial charge on any atom is -0.456 e. The molecule has 11 rings (SSSR count). The molecule has 0 spiro atoms. The zero-order valence-electron chi connectivity index (χ0n) is 28.9. The normalized spacial score (nSPS) is 11.7. The van der Waals surface area contributed by atoms with E-state index in [4.69, 9.17) is 18.2 Å². The van der Waals surface area contributed by atoms with Gasteiger partial charge >= 0.3 is 0 Å². The summed E-state index contributed by atoms with van der Waals surface area (Å²) in [5.74, 6) is 0.588. The van der Waals surface area contributed by atoms with Crippen LogP contribution in [0.4, 0.5) is 17.1 Å². The summed E-state index contributed by atoms with van der Waals surface area (Å²) in [6.45, 7) is 0. The summed E-state index contributed by atoms with van der Waals surface area (Å²) < 4.78 is 19.1. The van der Waals surface area contributed by atoms with Gasteiger partial charge in [-0.1, -0.05) is 109 Å². The van der Waals surface area contributed by atoms with Gasteiger partial charge in [-0.15, -0.1) is 0 Å². The minimum absolute atomic E-state index is 0.588. The third-order valence-electron chi connectivity index (χ3n) is 10.3. The van der Waals surface area contributed by atoms with Crippen LogP contribution in [0.5, 0.6) is 0 Å². The molecule has 0 unspecified atom stereocenters. The van der Waals surface area contributed by atoms with E-state index in [1.165, 1.54) is 16.7 Å². The monoisotopic (exact) mass is 694 g/mol. The fourth-order valence-electron chi connectivity index (χ4n) is 7.79. The lowest BCUT2D eigenvalue weighted by Gasteiger charge is -2.26. The molecule has 0 amide bonds. The Labute approximate surface area is 309 Å². The van der Waals surface area contributed by atoms with Crippen molar-refractivity contribution in [3.63, 3.8) is 0 Å². The molecule has 0 aliphatic heterocycles. The molecule has 0 atom stereocenters. The van der Waals surface area contributed by atoms with Crippen molar-refractivity contribution in [2.24, 2.45) is 0 Å². The first-order chi connectivity index (χ1) is 26.7. The highest BCUT2D eigenvalue weighted by Crippen LogP contribution is 2.45. The molecule has 5 heteroatoms. The summed E-state index contributed by atoms with van der Waals surface area (Å²) in [7, 11) is 0. The van der Waals surface area contributed by atoms with Gasteiger partial charge in [0.2, 0.25) is 5.89 Å². The van der Waals surface area contributed by atoms with E-state index in [0.29, 0.717) is 11.5 Å². The minimum atomic E-state index is 0.588. The predicted molar refractivity (Wildman–Crippen MR) is 220 cm³/mol. The first-order valence-corrected chi connectivity index (χ1v) is 18.0. The summed E-state index contributed by atoms with van der Waals surface area (Å²) in [5.41, 5.74) is 13.4. The molecule has 11 aromatic rings. The number of rotatable bonds is 6. The smallest absolute Gasteiger partial charge is 0.227 e. The zero-order valence-corrected chi connectivity index (χ0v) is 28.9. The molecule has 0 fully saturated rings. The van der Waals surface area contributed by atoms with Crippen molar-refractivity contribution in [1.82, 2.24) is 4.98 Å². The van der Waals surface area contributed by atoms with E-state index in [1.54, 1.807) is 0 Å². The summed E-state index contributed by atoms with van der Waals surface area (Å²) >= 11 is 0. The Morgan fingerprint density at radius 2 is 0.981 bits per heavy atom. The lowest BCUT2D eigenvalue weighted by Crippen LogP contribution is -2.10. The van der Waals surface area contributed by atoms with E-state index >= 15 is 0 Å². The number of oxazole rings is 1. The van der Waals surface area contributed by atoms with Crippen LogP contribution in [0.3, 0.4) is 0 Å². The Balaban J connectivity index is 1.09. The first-order valence-electron chi connectivity index (χ1n) is 18.0. The van der Waals surface area contributed by atoms with Gasteiger partial charge in [-0.2, -0.15) is 0 Å². The number of anilines is 3. The molecule has 0 N–H and O–H groups in total. The van der Waals surface area contributed by atoms with Gasteiger partial charge in [-0.05, 0) is 89.0 Å². The van der Waals surface area contributed by atoms with Gasteiger partial charge in [0.1, 0.15) is 27.8 Å². The van der Waals surface area contributed by atoms with Crippen LogP contribution in [-0.2, 0) is 0 Å². The number of benzene rings is 8. The lowest BCUT2D eigenvalue weighted by molar-refractivity contribution is 0.620. The summed E-state index contributed by atoms with van der Waals surface area (Å²) in [4.78, 5) is 7.10. The third-order valence-corrected chi connectivity index (χ3v) is 10.3. The fourth-order valence-corrected chi connectivity index (χ4v) is 7.79. The van der Waals surface area contributed by atoms with E-state index in [0.717, 1.165) is 77.6 Å². The predicted octanol–water partition coefficient (Wildman–Crippen LogP) is 14.1. The number of para-hydroxylation sites is 1. The molecular formula is C49H30N2O3. The molecular weight excluding hydrogens is 665 g/mol. The van der Waals surface area contributed by atoms with Crippen LogP contribution in [-0.4, -0.2) is 4.98 Å². The summed E-state index contributed by atoms with van der Waals surface area (Å²) in [6.07, 6.45) is 0. The van der Waals surface area contributed by atoms with Crippen molar-refractivity contribution >= 4 is 72.0 Å². The van der Waals surface area contributed by atoms with Crippen molar-refractivity contribution in [2.75, 3.05) is 4.90 Å². The highest BCUT2D eigenvalue weighted by molar-refractivity contribution is 6.14. The standard InChI is InChI=1S/C49H30N2O3/c1-3-12-31(13-4-1)36-16-7-8-17-37(36)32-22-24-34(25-23-32)51(42-19-11-21-45-48(42)38-18-9-10-20-43(38)52-45)35-26-27-44-39(28-35)40-29-47-41(30-46(40)53-44)50-49(54-47)33-14-5-2-6-15-33/h1-30H.